The molecule has 0 fully saturated rings. The van der Waals surface area contributed by atoms with Crippen LogP contribution in [-0.4, -0.2) is 23.7 Å². The smallest absolute Gasteiger partial charge is 0.311 e. The quantitative estimate of drug-likeness (QED) is 0.401. The van der Waals surface area contributed by atoms with Crippen molar-refractivity contribution in [1.82, 2.24) is 5.43 Å². The largest absolute Gasteiger partial charge is 0.490 e. The molecule has 3 aromatic carbocycles. The van der Waals surface area contributed by atoms with Gasteiger partial charge < -0.3 is 4.74 Å². The Morgan fingerprint density at radius 2 is 1.89 bits per heavy atom. The SMILES string of the molecule is COc1ccc(/C(C)=N/NC(=O)Cc2cccc3ccccc23)cc1[N+](=O)[O-]. The molecule has 1 N–H and O–H groups in total. The minimum absolute atomic E-state index is 0.156. The zero-order valence-corrected chi connectivity index (χ0v) is 15.5. The average Bonchev–Trinajstić information content (AvgIpc) is 2.71. The molecule has 0 saturated heterocycles. The Kier molecular flexibility index (Phi) is 5.64. The summed E-state index contributed by atoms with van der Waals surface area (Å²) in [5.41, 5.74) is 4.25. The molecule has 0 heterocycles. The second-order valence-corrected chi connectivity index (χ2v) is 6.19. The van der Waals surface area contributed by atoms with E-state index in [1.54, 1.807) is 13.0 Å². The molecular formula is C21H19N3O4. The van der Waals surface area contributed by atoms with Gasteiger partial charge >= 0.3 is 5.69 Å². The second-order valence-electron chi connectivity index (χ2n) is 6.19. The maximum atomic E-state index is 12.3. The van der Waals surface area contributed by atoms with Gasteiger partial charge in [-0.1, -0.05) is 42.5 Å². The van der Waals surface area contributed by atoms with Gasteiger partial charge in [-0.2, -0.15) is 5.10 Å². The van der Waals surface area contributed by atoms with E-state index in [1.165, 1.54) is 19.2 Å². The van der Waals surface area contributed by atoms with Gasteiger partial charge in [-0.05, 0) is 35.4 Å². The fourth-order valence-corrected chi connectivity index (χ4v) is 2.93. The summed E-state index contributed by atoms with van der Waals surface area (Å²) in [5.74, 6) is -0.0970. The van der Waals surface area contributed by atoms with E-state index in [0.717, 1.165) is 16.3 Å². The summed E-state index contributed by atoms with van der Waals surface area (Å²) in [6, 6.07) is 18.2. The molecule has 0 radical (unpaired) electrons. The summed E-state index contributed by atoms with van der Waals surface area (Å²) >= 11 is 0. The molecule has 0 saturated carbocycles. The zero-order chi connectivity index (χ0) is 20.1. The highest BCUT2D eigenvalue weighted by Crippen LogP contribution is 2.27. The van der Waals surface area contributed by atoms with Crippen molar-refractivity contribution in [3.8, 4) is 5.75 Å². The normalized spacial score (nSPS) is 11.3. The Morgan fingerprint density at radius 1 is 1.14 bits per heavy atom. The molecule has 0 aliphatic rings. The van der Waals surface area contributed by atoms with Crippen molar-refractivity contribution in [3.63, 3.8) is 0 Å². The first-order chi connectivity index (χ1) is 13.5. The summed E-state index contributed by atoms with van der Waals surface area (Å²) < 4.78 is 4.99. The van der Waals surface area contributed by atoms with Crippen molar-refractivity contribution in [2.24, 2.45) is 5.10 Å². The van der Waals surface area contributed by atoms with Gasteiger partial charge in [0, 0.05) is 11.6 Å². The van der Waals surface area contributed by atoms with Gasteiger partial charge in [-0.25, -0.2) is 5.43 Å². The molecule has 7 heteroatoms. The number of hydrogen-bond acceptors (Lipinski definition) is 5. The molecule has 0 aliphatic heterocycles. The maximum Gasteiger partial charge on any atom is 0.311 e. The number of nitrogens with zero attached hydrogens (tertiary/aromatic N) is 2. The lowest BCUT2D eigenvalue weighted by Crippen LogP contribution is -2.21. The van der Waals surface area contributed by atoms with E-state index >= 15 is 0 Å². The molecule has 28 heavy (non-hydrogen) atoms. The number of nitro benzene ring substituents is 1. The van der Waals surface area contributed by atoms with Crippen molar-refractivity contribution < 1.29 is 14.5 Å². The first kappa shape index (κ1) is 19.0. The van der Waals surface area contributed by atoms with Crippen LogP contribution >= 0.6 is 0 Å². The lowest BCUT2D eigenvalue weighted by molar-refractivity contribution is -0.385. The Morgan fingerprint density at radius 3 is 2.64 bits per heavy atom. The van der Waals surface area contributed by atoms with Gasteiger partial charge in [0.15, 0.2) is 5.75 Å². The van der Waals surface area contributed by atoms with Gasteiger partial charge in [0.1, 0.15) is 0 Å². The second kappa shape index (κ2) is 8.30. The van der Waals surface area contributed by atoms with Crippen LogP contribution in [0.2, 0.25) is 0 Å². The number of rotatable bonds is 6. The Balaban J connectivity index is 1.75. The van der Waals surface area contributed by atoms with Crippen LogP contribution in [-0.2, 0) is 11.2 Å². The van der Waals surface area contributed by atoms with E-state index in [2.05, 4.69) is 10.5 Å². The molecule has 3 aromatic rings. The summed E-state index contributed by atoms with van der Waals surface area (Å²) in [6.45, 7) is 1.67. The molecule has 1 amide bonds. The number of hydrazone groups is 1. The molecule has 0 spiro atoms. The third kappa shape index (κ3) is 4.15. The Hall–Kier alpha value is -3.74. The van der Waals surface area contributed by atoms with Gasteiger partial charge in [0.05, 0.1) is 24.2 Å². The third-order valence-corrected chi connectivity index (χ3v) is 4.37. The van der Waals surface area contributed by atoms with Crippen molar-refractivity contribution >= 4 is 28.1 Å². The minimum Gasteiger partial charge on any atom is -0.490 e. The first-order valence-corrected chi connectivity index (χ1v) is 8.62. The van der Waals surface area contributed by atoms with Crippen molar-refractivity contribution in [2.75, 3.05) is 7.11 Å². The summed E-state index contributed by atoms with van der Waals surface area (Å²) in [7, 11) is 1.37. The maximum absolute atomic E-state index is 12.3. The van der Waals surface area contributed by atoms with E-state index < -0.39 is 4.92 Å². The molecule has 3 rings (SSSR count). The fraction of sp³-hybridized carbons (Fsp3) is 0.143. The summed E-state index contributed by atoms with van der Waals surface area (Å²) in [5, 5.41) is 17.3. The van der Waals surface area contributed by atoms with E-state index in [0.29, 0.717) is 11.3 Å². The monoisotopic (exact) mass is 377 g/mol. The van der Waals surface area contributed by atoms with E-state index in [-0.39, 0.29) is 23.8 Å². The molecule has 0 unspecified atom stereocenters. The number of fused-ring (bicyclic) bond motifs is 1. The highest BCUT2D eigenvalue weighted by Gasteiger charge is 2.16. The van der Waals surface area contributed by atoms with Crippen LogP contribution in [0.15, 0.2) is 65.8 Å². The van der Waals surface area contributed by atoms with Gasteiger partial charge in [0.2, 0.25) is 5.91 Å². The topological polar surface area (TPSA) is 93.8 Å². The number of methoxy groups -OCH3 is 1. The fourth-order valence-electron chi connectivity index (χ4n) is 2.93. The molecule has 0 aromatic heterocycles. The summed E-state index contributed by atoms with van der Waals surface area (Å²) in [6.07, 6.45) is 0.181. The Bertz CT molecular complexity index is 1070. The third-order valence-electron chi connectivity index (χ3n) is 4.37. The lowest BCUT2D eigenvalue weighted by atomic mass is 10.0. The number of hydrogen-bond donors (Lipinski definition) is 1. The number of amides is 1. The minimum atomic E-state index is -0.519. The van der Waals surface area contributed by atoms with Crippen LogP contribution in [0, 0.1) is 10.1 Å². The van der Waals surface area contributed by atoms with Gasteiger partial charge in [-0.3, -0.25) is 14.9 Å². The van der Waals surface area contributed by atoms with Gasteiger partial charge in [0.25, 0.3) is 0 Å². The number of benzene rings is 3. The highest BCUT2D eigenvalue weighted by atomic mass is 16.6. The number of carbonyl (C=O) groups excluding carboxylic acids is 1. The van der Waals surface area contributed by atoms with Crippen LogP contribution in [0.25, 0.3) is 10.8 Å². The van der Waals surface area contributed by atoms with Crippen LogP contribution in [0.1, 0.15) is 18.1 Å². The van der Waals surface area contributed by atoms with Crippen molar-refractivity contribution in [2.45, 2.75) is 13.3 Å². The average molecular weight is 377 g/mol. The summed E-state index contributed by atoms with van der Waals surface area (Å²) in [4.78, 5) is 22.9. The molecule has 0 atom stereocenters. The van der Waals surface area contributed by atoms with Crippen molar-refractivity contribution in [1.29, 1.82) is 0 Å². The lowest BCUT2D eigenvalue weighted by Gasteiger charge is -2.07. The van der Waals surface area contributed by atoms with Crippen LogP contribution < -0.4 is 10.2 Å². The van der Waals surface area contributed by atoms with E-state index in [9.17, 15) is 14.9 Å². The van der Waals surface area contributed by atoms with Crippen LogP contribution in [0.4, 0.5) is 5.69 Å². The Labute approximate surface area is 161 Å². The van der Waals surface area contributed by atoms with Gasteiger partial charge in [-0.15, -0.1) is 0 Å². The van der Waals surface area contributed by atoms with E-state index in [1.807, 2.05) is 42.5 Å². The molecular weight excluding hydrogens is 358 g/mol. The molecule has 0 aliphatic carbocycles. The molecule has 0 bridgehead atoms. The molecule has 142 valence electrons. The zero-order valence-electron chi connectivity index (χ0n) is 15.5. The predicted molar refractivity (Wildman–Crippen MR) is 108 cm³/mol. The number of carbonyl (C=O) groups is 1. The standard InChI is InChI=1S/C21H19N3O4/c1-14(16-10-11-20(28-2)19(12-16)24(26)27)22-23-21(25)13-17-8-5-7-15-6-3-4-9-18(15)17/h3-12H,13H2,1-2H3,(H,23,25)/b22-14+. The van der Waals surface area contributed by atoms with E-state index in [4.69, 9.17) is 4.74 Å². The first-order valence-electron chi connectivity index (χ1n) is 8.62. The van der Waals surface area contributed by atoms with Crippen LogP contribution in [0.3, 0.4) is 0 Å². The van der Waals surface area contributed by atoms with Crippen LogP contribution in [0.5, 0.6) is 5.75 Å². The highest BCUT2D eigenvalue weighted by molar-refractivity contribution is 6.00. The molecule has 7 nitrogen and oxygen atoms in total. The van der Waals surface area contributed by atoms with Crippen molar-refractivity contribution in [3.05, 3.63) is 81.9 Å². The number of ether oxygens (including phenoxy) is 1. The number of nitro groups is 1. The predicted octanol–water partition coefficient (Wildman–Crippen LogP) is 3.84. The number of nitrogens with one attached hydrogen (secondary N) is 1.